The molecule has 1 amide bonds. The standard InChI is InChI=1S/C18H21ClFN3O4/c1-2-4-15-22-17(27-23-15)6-3-5-16(24)21-14(10-18(25)26)11-7-8-12(19)13(20)9-11/h7-9,14H,2-6,10H2,1H3,(H,21,24)(H,25,26). The first kappa shape index (κ1) is 20.8. The fourth-order valence-electron chi connectivity index (χ4n) is 2.54. The number of carboxylic acids is 1. The van der Waals surface area contributed by atoms with Crippen LogP contribution in [0, 0.1) is 5.82 Å². The SMILES string of the molecule is CCCc1noc(CCCC(=O)NC(CC(=O)O)c2ccc(Cl)c(F)c2)n1. The molecule has 2 rings (SSSR count). The van der Waals surface area contributed by atoms with Crippen molar-refractivity contribution in [2.24, 2.45) is 0 Å². The normalized spacial score (nSPS) is 12.0. The number of carboxylic acid groups (broad SMARTS) is 1. The molecule has 9 heteroatoms. The van der Waals surface area contributed by atoms with Crippen molar-refractivity contribution in [1.29, 1.82) is 0 Å². The number of aliphatic carboxylic acids is 1. The van der Waals surface area contributed by atoms with Gasteiger partial charge in [-0.2, -0.15) is 4.98 Å². The molecule has 2 N–H and O–H groups in total. The number of hydrogen-bond donors (Lipinski definition) is 2. The number of aryl methyl sites for hydroxylation is 2. The van der Waals surface area contributed by atoms with Crippen LogP contribution in [0.15, 0.2) is 22.7 Å². The molecule has 7 nitrogen and oxygen atoms in total. The number of aromatic nitrogens is 2. The van der Waals surface area contributed by atoms with Crippen molar-refractivity contribution in [2.75, 3.05) is 0 Å². The van der Waals surface area contributed by atoms with Crippen LogP contribution in [-0.2, 0) is 22.4 Å². The molecule has 0 saturated heterocycles. The summed E-state index contributed by atoms with van der Waals surface area (Å²) in [6, 6.07) is 3.11. The summed E-state index contributed by atoms with van der Waals surface area (Å²) in [6.07, 6.45) is 2.35. The molecule has 2 aromatic rings. The average molecular weight is 398 g/mol. The van der Waals surface area contributed by atoms with Crippen LogP contribution < -0.4 is 5.32 Å². The van der Waals surface area contributed by atoms with Crippen LogP contribution in [0.2, 0.25) is 5.02 Å². The summed E-state index contributed by atoms with van der Waals surface area (Å²) in [5, 5.41) is 15.5. The summed E-state index contributed by atoms with van der Waals surface area (Å²) in [4.78, 5) is 27.5. The van der Waals surface area contributed by atoms with Gasteiger partial charge in [-0.25, -0.2) is 4.39 Å². The van der Waals surface area contributed by atoms with E-state index in [2.05, 4.69) is 15.5 Å². The topological polar surface area (TPSA) is 105 Å². The van der Waals surface area contributed by atoms with Gasteiger partial charge in [-0.1, -0.05) is 29.7 Å². The third kappa shape index (κ3) is 6.63. The van der Waals surface area contributed by atoms with Crippen LogP contribution in [0.5, 0.6) is 0 Å². The van der Waals surface area contributed by atoms with Gasteiger partial charge in [-0.15, -0.1) is 0 Å². The van der Waals surface area contributed by atoms with Crippen LogP contribution in [0.3, 0.4) is 0 Å². The van der Waals surface area contributed by atoms with Gasteiger partial charge in [0.1, 0.15) is 5.82 Å². The second-order valence-corrected chi connectivity index (χ2v) is 6.51. The lowest BCUT2D eigenvalue weighted by atomic mass is 10.0. The molecule has 0 radical (unpaired) electrons. The lowest BCUT2D eigenvalue weighted by Crippen LogP contribution is -2.30. The second-order valence-electron chi connectivity index (χ2n) is 6.10. The van der Waals surface area contributed by atoms with E-state index in [1.165, 1.54) is 12.1 Å². The van der Waals surface area contributed by atoms with Gasteiger partial charge >= 0.3 is 5.97 Å². The van der Waals surface area contributed by atoms with Crippen molar-refractivity contribution in [3.8, 4) is 0 Å². The van der Waals surface area contributed by atoms with E-state index in [-0.39, 0.29) is 23.8 Å². The second kappa shape index (κ2) is 10.0. The van der Waals surface area contributed by atoms with Gasteiger partial charge in [0.05, 0.1) is 17.5 Å². The molecule has 0 spiro atoms. The van der Waals surface area contributed by atoms with Crippen molar-refractivity contribution in [3.63, 3.8) is 0 Å². The van der Waals surface area contributed by atoms with Crippen molar-refractivity contribution in [1.82, 2.24) is 15.5 Å². The Morgan fingerprint density at radius 2 is 2.15 bits per heavy atom. The monoisotopic (exact) mass is 397 g/mol. The fraction of sp³-hybridized carbons (Fsp3) is 0.444. The number of hydrogen-bond acceptors (Lipinski definition) is 5. The Hall–Kier alpha value is -2.48. The predicted octanol–water partition coefficient (Wildman–Crippen LogP) is 3.47. The largest absolute Gasteiger partial charge is 0.481 e. The van der Waals surface area contributed by atoms with Crippen LogP contribution >= 0.6 is 11.6 Å². The number of carbonyl (C=O) groups is 2. The number of nitrogens with zero attached hydrogens (tertiary/aromatic N) is 2. The van der Waals surface area contributed by atoms with E-state index in [0.29, 0.717) is 30.1 Å². The molecule has 0 fully saturated rings. The summed E-state index contributed by atoms with van der Waals surface area (Å²) in [6.45, 7) is 2.01. The number of rotatable bonds is 10. The maximum absolute atomic E-state index is 13.6. The first-order valence-corrected chi connectivity index (χ1v) is 9.04. The van der Waals surface area contributed by atoms with Crippen molar-refractivity contribution < 1.29 is 23.6 Å². The highest BCUT2D eigenvalue weighted by Crippen LogP contribution is 2.22. The van der Waals surface area contributed by atoms with Gasteiger partial charge in [-0.05, 0) is 30.5 Å². The van der Waals surface area contributed by atoms with Crippen LogP contribution in [0.1, 0.15) is 55.9 Å². The van der Waals surface area contributed by atoms with E-state index >= 15 is 0 Å². The maximum atomic E-state index is 13.6. The summed E-state index contributed by atoms with van der Waals surface area (Å²) in [5.41, 5.74) is 0.341. The Morgan fingerprint density at radius 1 is 1.37 bits per heavy atom. The molecule has 1 heterocycles. The fourth-order valence-corrected chi connectivity index (χ4v) is 2.66. The van der Waals surface area contributed by atoms with Gasteiger partial charge in [0.2, 0.25) is 11.8 Å². The van der Waals surface area contributed by atoms with E-state index in [1.54, 1.807) is 0 Å². The average Bonchev–Trinajstić information content (AvgIpc) is 3.04. The summed E-state index contributed by atoms with van der Waals surface area (Å²) < 4.78 is 18.7. The first-order valence-electron chi connectivity index (χ1n) is 8.66. The highest BCUT2D eigenvalue weighted by molar-refractivity contribution is 6.30. The predicted molar refractivity (Wildman–Crippen MR) is 95.8 cm³/mol. The smallest absolute Gasteiger partial charge is 0.305 e. The van der Waals surface area contributed by atoms with E-state index in [1.807, 2.05) is 6.92 Å². The zero-order valence-electron chi connectivity index (χ0n) is 14.9. The zero-order valence-corrected chi connectivity index (χ0v) is 15.6. The molecule has 0 aliphatic rings. The molecular weight excluding hydrogens is 377 g/mol. The molecule has 1 aromatic carbocycles. The van der Waals surface area contributed by atoms with Crippen molar-refractivity contribution in [3.05, 3.63) is 46.3 Å². The first-order chi connectivity index (χ1) is 12.9. The van der Waals surface area contributed by atoms with Gasteiger partial charge in [-0.3, -0.25) is 9.59 Å². The number of nitrogens with one attached hydrogen (secondary N) is 1. The Morgan fingerprint density at radius 3 is 2.81 bits per heavy atom. The summed E-state index contributed by atoms with van der Waals surface area (Å²) in [5.74, 6) is -1.01. The van der Waals surface area contributed by atoms with Gasteiger partial charge in [0.15, 0.2) is 5.82 Å². The van der Waals surface area contributed by atoms with Crippen molar-refractivity contribution >= 4 is 23.5 Å². The highest BCUT2D eigenvalue weighted by atomic mass is 35.5. The van der Waals surface area contributed by atoms with E-state index < -0.39 is 17.8 Å². The Kier molecular flexibility index (Phi) is 7.72. The molecule has 1 atom stereocenters. The molecule has 1 aromatic heterocycles. The third-order valence-corrected chi connectivity index (χ3v) is 4.14. The Balaban J connectivity index is 1.90. The quantitative estimate of drug-likeness (QED) is 0.636. The van der Waals surface area contributed by atoms with Gasteiger partial charge in [0, 0.05) is 19.3 Å². The van der Waals surface area contributed by atoms with Crippen LogP contribution in [-0.4, -0.2) is 27.1 Å². The maximum Gasteiger partial charge on any atom is 0.305 e. The number of carbonyl (C=O) groups excluding carboxylic acids is 1. The molecule has 0 saturated carbocycles. The summed E-state index contributed by atoms with van der Waals surface area (Å²) >= 11 is 5.65. The molecule has 146 valence electrons. The number of amides is 1. The van der Waals surface area contributed by atoms with E-state index in [0.717, 1.165) is 18.9 Å². The Labute approximate surface area is 160 Å². The lowest BCUT2D eigenvalue weighted by Gasteiger charge is -2.17. The van der Waals surface area contributed by atoms with Crippen molar-refractivity contribution in [2.45, 2.75) is 51.5 Å². The molecule has 0 aliphatic heterocycles. The molecule has 0 bridgehead atoms. The zero-order chi connectivity index (χ0) is 19.8. The summed E-state index contributed by atoms with van der Waals surface area (Å²) in [7, 11) is 0. The van der Waals surface area contributed by atoms with Gasteiger partial charge in [0.25, 0.3) is 0 Å². The third-order valence-electron chi connectivity index (χ3n) is 3.84. The minimum absolute atomic E-state index is 0.0684. The minimum Gasteiger partial charge on any atom is -0.481 e. The Bertz CT molecular complexity index is 797. The molecule has 1 unspecified atom stereocenters. The molecular formula is C18H21ClFN3O4. The van der Waals surface area contributed by atoms with Gasteiger partial charge < -0.3 is 14.9 Å². The number of halogens is 2. The van der Waals surface area contributed by atoms with E-state index in [4.69, 9.17) is 21.2 Å². The molecule has 27 heavy (non-hydrogen) atoms. The van der Waals surface area contributed by atoms with E-state index in [9.17, 15) is 14.0 Å². The van der Waals surface area contributed by atoms with Crippen LogP contribution in [0.25, 0.3) is 0 Å². The molecule has 0 aliphatic carbocycles. The van der Waals surface area contributed by atoms with Crippen LogP contribution in [0.4, 0.5) is 4.39 Å². The highest BCUT2D eigenvalue weighted by Gasteiger charge is 2.19. The number of benzene rings is 1. The minimum atomic E-state index is -1.11. The lowest BCUT2D eigenvalue weighted by molar-refractivity contribution is -0.137.